The number of benzene rings is 1. The van der Waals surface area contributed by atoms with E-state index in [0.717, 1.165) is 50.4 Å². The molecule has 2 aliphatic carbocycles. The van der Waals surface area contributed by atoms with Crippen LogP contribution in [-0.4, -0.2) is 40.3 Å². The summed E-state index contributed by atoms with van der Waals surface area (Å²) in [5.41, 5.74) is 5.52. The van der Waals surface area contributed by atoms with E-state index in [2.05, 4.69) is 39.5 Å². The lowest BCUT2D eigenvalue weighted by molar-refractivity contribution is -0.0206. The van der Waals surface area contributed by atoms with Crippen LogP contribution < -0.4 is 5.32 Å². The molecule has 0 bridgehead atoms. The standard InChI is InChI=1S/C26H30N4O/c27-16-19-2-1-3-20(12-19)22-14-21-6-9-28-17-24(21)25(15-22)29-23-7-10-30(11-8-23)26(31)13-18-4-5-18/h1-3,6,9,12,15,17-18,22-23,26,29,31H,4-5,7-8,10-11,13-14H2. The van der Waals surface area contributed by atoms with E-state index >= 15 is 0 Å². The third-order valence-corrected chi connectivity index (χ3v) is 7.00. The maximum atomic E-state index is 10.5. The Balaban J connectivity index is 1.30. The van der Waals surface area contributed by atoms with Crippen molar-refractivity contribution in [3.05, 3.63) is 71.1 Å². The van der Waals surface area contributed by atoms with Crippen LogP contribution in [0, 0.1) is 17.2 Å². The second-order valence-electron chi connectivity index (χ2n) is 9.28. The maximum Gasteiger partial charge on any atom is 0.107 e. The monoisotopic (exact) mass is 414 g/mol. The summed E-state index contributed by atoms with van der Waals surface area (Å²) in [4.78, 5) is 6.62. The quantitative estimate of drug-likeness (QED) is 0.752. The number of nitrogens with zero attached hydrogens (tertiary/aromatic N) is 3. The van der Waals surface area contributed by atoms with Gasteiger partial charge in [-0.1, -0.05) is 31.1 Å². The van der Waals surface area contributed by atoms with Crippen molar-refractivity contribution in [2.45, 2.75) is 56.7 Å². The third-order valence-electron chi connectivity index (χ3n) is 7.00. The Bertz CT molecular complexity index is 998. The highest BCUT2D eigenvalue weighted by Gasteiger charge is 2.30. The van der Waals surface area contributed by atoms with Crippen molar-refractivity contribution in [2.24, 2.45) is 5.92 Å². The molecular weight excluding hydrogens is 384 g/mol. The van der Waals surface area contributed by atoms with Crippen molar-refractivity contribution >= 4 is 5.70 Å². The van der Waals surface area contributed by atoms with Gasteiger partial charge in [0.15, 0.2) is 0 Å². The van der Waals surface area contributed by atoms with E-state index in [1.165, 1.54) is 29.5 Å². The van der Waals surface area contributed by atoms with E-state index in [1.54, 1.807) is 0 Å². The number of hydrogen-bond acceptors (Lipinski definition) is 5. The van der Waals surface area contributed by atoms with Gasteiger partial charge in [-0.25, -0.2) is 0 Å². The number of aliphatic hydroxyl groups is 1. The molecule has 160 valence electrons. The van der Waals surface area contributed by atoms with Gasteiger partial charge in [-0.3, -0.25) is 9.88 Å². The first kappa shape index (κ1) is 20.2. The van der Waals surface area contributed by atoms with Gasteiger partial charge < -0.3 is 10.4 Å². The highest BCUT2D eigenvalue weighted by Crippen LogP contribution is 2.36. The number of fused-ring (bicyclic) bond motifs is 1. The smallest absolute Gasteiger partial charge is 0.107 e. The summed E-state index contributed by atoms with van der Waals surface area (Å²) < 4.78 is 0. The molecule has 2 fully saturated rings. The number of pyridine rings is 1. The highest BCUT2D eigenvalue weighted by molar-refractivity contribution is 5.70. The number of allylic oxidation sites excluding steroid dienone is 1. The molecule has 2 heterocycles. The van der Waals surface area contributed by atoms with Gasteiger partial charge in [-0.05, 0) is 60.9 Å². The molecular formula is C26H30N4O. The Labute approximate surface area is 184 Å². The molecule has 1 aromatic heterocycles. The number of aromatic nitrogens is 1. The molecule has 0 amide bonds. The predicted molar refractivity (Wildman–Crippen MR) is 121 cm³/mol. The van der Waals surface area contributed by atoms with Crippen LogP contribution in [0.2, 0.25) is 0 Å². The number of aliphatic hydroxyl groups excluding tert-OH is 1. The first-order chi connectivity index (χ1) is 15.2. The largest absolute Gasteiger partial charge is 0.382 e. The summed E-state index contributed by atoms with van der Waals surface area (Å²) in [7, 11) is 0. The average Bonchev–Trinajstić information content (AvgIpc) is 3.63. The fourth-order valence-corrected chi connectivity index (χ4v) is 4.97. The highest BCUT2D eigenvalue weighted by atomic mass is 16.3. The van der Waals surface area contributed by atoms with Crippen molar-refractivity contribution in [1.29, 1.82) is 5.26 Å². The second kappa shape index (κ2) is 8.82. The minimum absolute atomic E-state index is 0.242. The summed E-state index contributed by atoms with van der Waals surface area (Å²) in [5, 5.41) is 23.6. The second-order valence-corrected chi connectivity index (χ2v) is 9.28. The van der Waals surface area contributed by atoms with E-state index in [1.807, 2.05) is 30.6 Å². The van der Waals surface area contributed by atoms with Gasteiger partial charge >= 0.3 is 0 Å². The number of nitriles is 1. The first-order valence-electron chi connectivity index (χ1n) is 11.5. The van der Waals surface area contributed by atoms with Crippen LogP contribution in [0.3, 0.4) is 0 Å². The van der Waals surface area contributed by atoms with E-state index in [9.17, 15) is 10.4 Å². The normalized spacial score (nSPS) is 22.8. The van der Waals surface area contributed by atoms with Crippen LogP contribution >= 0.6 is 0 Å². The molecule has 2 aromatic rings. The van der Waals surface area contributed by atoms with Crippen LogP contribution in [0.4, 0.5) is 0 Å². The van der Waals surface area contributed by atoms with Crippen molar-refractivity contribution in [3.8, 4) is 6.07 Å². The summed E-state index contributed by atoms with van der Waals surface area (Å²) in [5.74, 6) is 0.991. The zero-order valence-corrected chi connectivity index (χ0v) is 17.9. The molecule has 3 aliphatic rings. The summed E-state index contributed by atoms with van der Waals surface area (Å²) in [6.07, 6.45) is 12.4. The van der Waals surface area contributed by atoms with Gasteiger partial charge in [-0.15, -0.1) is 0 Å². The zero-order valence-electron chi connectivity index (χ0n) is 17.9. The molecule has 0 radical (unpaired) electrons. The van der Waals surface area contributed by atoms with Crippen LogP contribution in [0.15, 0.2) is 48.8 Å². The first-order valence-corrected chi connectivity index (χ1v) is 11.5. The van der Waals surface area contributed by atoms with Crippen molar-refractivity contribution in [1.82, 2.24) is 15.2 Å². The summed E-state index contributed by atoms with van der Waals surface area (Å²) >= 11 is 0. The Morgan fingerprint density at radius 3 is 2.81 bits per heavy atom. The molecule has 2 N–H and O–H groups in total. The fourth-order valence-electron chi connectivity index (χ4n) is 4.97. The Morgan fingerprint density at radius 2 is 2.03 bits per heavy atom. The number of likely N-dealkylation sites (tertiary alicyclic amines) is 1. The van der Waals surface area contributed by atoms with Crippen LogP contribution in [0.1, 0.15) is 60.3 Å². The van der Waals surface area contributed by atoms with Gasteiger partial charge in [-0.2, -0.15) is 5.26 Å². The Kier molecular flexibility index (Phi) is 5.76. The van der Waals surface area contributed by atoms with Gasteiger partial charge in [0.25, 0.3) is 0 Å². The van der Waals surface area contributed by atoms with Gasteiger partial charge in [0.1, 0.15) is 6.23 Å². The lowest BCUT2D eigenvalue weighted by Gasteiger charge is -2.37. The van der Waals surface area contributed by atoms with E-state index < -0.39 is 0 Å². The molecule has 5 nitrogen and oxygen atoms in total. The van der Waals surface area contributed by atoms with Gasteiger partial charge in [0.05, 0.1) is 11.6 Å². The topological polar surface area (TPSA) is 72.2 Å². The molecule has 2 atom stereocenters. The van der Waals surface area contributed by atoms with Crippen molar-refractivity contribution in [3.63, 3.8) is 0 Å². The molecule has 1 aliphatic heterocycles. The molecule has 31 heavy (non-hydrogen) atoms. The van der Waals surface area contributed by atoms with Gasteiger partial charge in [0, 0.05) is 48.7 Å². The summed E-state index contributed by atoms with van der Waals surface area (Å²) in [6.45, 7) is 1.87. The molecule has 5 heteroatoms. The number of nitrogens with one attached hydrogen (secondary N) is 1. The maximum absolute atomic E-state index is 10.5. The average molecular weight is 415 g/mol. The SMILES string of the molecule is N#Cc1cccc(C2C=C(NC3CCN(C(O)CC4CC4)CC3)c3cnccc3C2)c1. The van der Waals surface area contributed by atoms with Crippen molar-refractivity contribution in [2.75, 3.05) is 13.1 Å². The number of piperidine rings is 1. The van der Waals surface area contributed by atoms with Crippen molar-refractivity contribution < 1.29 is 5.11 Å². The molecule has 2 unspecified atom stereocenters. The Hall–Kier alpha value is -2.68. The number of hydrogen-bond donors (Lipinski definition) is 2. The summed E-state index contributed by atoms with van der Waals surface area (Å²) in [6, 6.07) is 12.7. The molecule has 5 rings (SSSR count). The minimum Gasteiger partial charge on any atom is -0.382 e. The fraction of sp³-hybridized carbons (Fsp3) is 0.462. The van der Waals surface area contributed by atoms with Crippen LogP contribution in [0.5, 0.6) is 0 Å². The van der Waals surface area contributed by atoms with E-state index in [0.29, 0.717) is 11.6 Å². The lowest BCUT2D eigenvalue weighted by atomic mass is 9.83. The van der Waals surface area contributed by atoms with E-state index in [-0.39, 0.29) is 12.1 Å². The predicted octanol–water partition coefficient (Wildman–Crippen LogP) is 3.81. The lowest BCUT2D eigenvalue weighted by Crippen LogP contribution is -2.46. The van der Waals surface area contributed by atoms with E-state index in [4.69, 9.17) is 0 Å². The van der Waals surface area contributed by atoms with Crippen LogP contribution in [0.25, 0.3) is 5.70 Å². The molecule has 1 saturated heterocycles. The van der Waals surface area contributed by atoms with Crippen LogP contribution in [-0.2, 0) is 6.42 Å². The Morgan fingerprint density at radius 1 is 1.19 bits per heavy atom. The van der Waals surface area contributed by atoms with Gasteiger partial charge in [0.2, 0.25) is 0 Å². The third kappa shape index (κ3) is 4.66. The zero-order chi connectivity index (χ0) is 21.2. The molecule has 0 spiro atoms. The minimum atomic E-state index is -0.274. The number of rotatable bonds is 6. The molecule has 1 aromatic carbocycles. The molecule has 1 saturated carbocycles.